The summed E-state index contributed by atoms with van der Waals surface area (Å²) in [6, 6.07) is 9.53. The molecular weight excluding hydrogens is 330 g/mol. The normalized spacial score (nSPS) is 11.6. The molecule has 1 aromatic heterocycles. The average Bonchev–Trinajstić information content (AvgIpc) is 2.60. The predicted molar refractivity (Wildman–Crippen MR) is 88.4 cm³/mol. The van der Waals surface area contributed by atoms with E-state index in [1.807, 2.05) is 0 Å². The molecule has 0 aliphatic rings. The number of nitrogens with zero attached hydrogens (tertiary/aromatic N) is 2. The van der Waals surface area contributed by atoms with E-state index in [4.69, 9.17) is 0 Å². The van der Waals surface area contributed by atoms with Crippen molar-refractivity contribution in [2.45, 2.75) is 6.92 Å². The highest BCUT2D eigenvalue weighted by atomic mass is 19.1. The molecule has 126 valence electrons. The molecule has 25 heavy (non-hydrogen) atoms. The van der Waals surface area contributed by atoms with E-state index in [2.05, 4.69) is 20.7 Å². The molecule has 2 aromatic carbocycles. The lowest BCUT2D eigenvalue weighted by Gasteiger charge is -2.05. The summed E-state index contributed by atoms with van der Waals surface area (Å²) >= 11 is 0. The molecule has 3 aromatic rings. The van der Waals surface area contributed by atoms with Gasteiger partial charge in [-0.05, 0) is 25.1 Å². The van der Waals surface area contributed by atoms with Crippen LogP contribution in [-0.4, -0.2) is 21.8 Å². The van der Waals surface area contributed by atoms with Crippen molar-refractivity contribution < 1.29 is 13.6 Å². The molecule has 0 radical (unpaired) electrons. The number of hydrazone groups is 1. The molecule has 1 heterocycles. The highest BCUT2D eigenvalue weighted by Crippen LogP contribution is 2.13. The number of aromatic nitrogens is 2. The van der Waals surface area contributed by atoms with Crippen molar-refractivity contribution in [3.8, 4) is 0 Å². The van der Waals surface area contributed by atoms with Crippen LogP contribution in [0.15, 0.2) is 52.4 Å². The Bertz CT molecular complexity index is 1060. The summed E-state index contributed by atoms with van der Waals surface area (Å²) in [7, 11) is 0. The Balaban J connectivity index is 1.90. The number of aromatic amines is 1. The summed E-state index contributed by atoms with van der Waals surface area (Å²) in [5, 5.41) is 10.5. The van der Waals surface area contributed by atoms with Crippen molar-refractivity contribution in [2.24, 2.45) is 5.10 Å². The Kier molecular flexibility index (Phi) is 4.34. The van der Waals surface area contributed by atoms with Crippen molar-refractivity contribution in [2.75, 3.05) is 0 Å². The lowest BCUT2D eigenvalue weighted by atomic mass is 10.1. The number of fused-ring (bicyclic) bond motifs is 1. The third-order valence-corrected chi connectivity index (χ3v) is 3.56. The van der Waals surface area contributed by atoms with Crippen LogP contribution >= 0.6 is 0 Å². The Morgan fingerprint density at radius 3 is 2.60 bits per heavy atom. The maximum absolute atomic E-state index is 13.7. The Labute approximate surface area is 140 Å². The molecule has 3 rings (SSSR count). The monoisotopic (exact) mass is 342 g/mol. The summed E-state index contributed by atoms with van der Waals surface area (Å²) in [6.45, 7) is 1.47. The zero-order valence-electron chi connectivity index (χ0n) is 13.0. The van der Waals surface area contributed by atoms with Gasteiger partial charge in [-0.2, -0.15) is 10.2 Å². The predicted octanol–water partition coefficient (Wildman–Crippen LogP) is 2.36. The topological polar surface area (TPSA) is 87.2 Å². The maximum atomic E-state index is 13.7. The molecular formula is C17H12F2N4O2. The van der Waals surface area contributed by atoms with E-state index in [9.17, 15) is 18.4 Å². The Morgan fingerprint density at radius 2 is 1.88 bits per heavy atom. The Hall–Kier alpha value is -3.42. The van der Waals surface area contributed by atoms with Gasteiger partial charge in [-0.15, -0.1) is 0 Å². The van der Waals surface area contributed by atoms with Crippen LogP contribution in [0.3, 0.4) is 0 Å². The van der Waals surface area contributed by atoms with Gasteiger partial charge in [0, 0.05) is 17.0 Å². The maximum Gasteiger partial charge on any atom is 0.292 e. The number of benzene rings is 2. The van der Waals surface area contributed by atoms with Crippen LogP contribution in [0.5, 0.6) is 0 Å². The van der Waals surface area contributed by atoms with Gasteiger partial charge in [0.25, 0.3) is 11.5 Å². The van der Waals surface area contributed by atoms with Gasteiger partial charge in [-0.1, -0.05) is 18.2 Å². The van der Waals surface area contributed by atoms with E-state index in [1.54, 1.807) is 24.3 Å². The first-order chi connectivity index (χ1) is 12.0. The molecule has 0 aliphatic heterocycles. The number of carbonyl (C=O) groups excluding carboxylic acids is 1. The molecule has 0 bridgehead atoms. The number of H-pyrrole nitrogens is 1. The van der Waals surface area contributed by atoms with Crippen molar-refractivity contribution in [3.63, 3.8) is 0 Å². The van der Waals surface area contributed by atoms with Gasteiger partial charge < -0.3 is 0 Å². The fourth-order valence-electron chi connectivity index (χ4n) is 2.32. The quantitative estimate of drug-likeness (QED) is 0.566. The van der Waals surface area contributed by atoms with Crippen molar-refractivity contribution in [1.82, 2.24) is 15.6 Å². The summed E-state index contributed by atoms with van der Waals surface area (Å²) in [5.74, 6) is -2.17. The van der Waals surface area contributed by atoms with E-state index in [1.165, 1.54) is 13.0 Å². The summed E-state index contributed by atoms with van der Waals surface area (Å²) in [4.78, 5) is 24.0. The van der Waals surface area contributed by atoms with Gasteiger partial charge in [0.1, 0.15) is 11.6 Å². The molecule has 2 N–H and O–H groups in total. The van der Waals surface area contributed by atoms with Crippen molar-refractivity contribution >= 4 is 22.4 Å². The van der Waals surface area contributed by atoms with Crippen molar-refractivity contribution in [1.29, 1.82) is 0 Å². The number of nitrogens with one attached hydrogen (secondary N) is 2. The number of amides is 1. The first-order valence-electron chi connectivity index (χ1n) is 7.25. The second-order valence-corrected chi connectivity index (χ2v) is 5.21. The zero-order valence-corrected chi connectivity index (χ0v) is 13.0. The van der Waals surface area contributed by atoms with Crippen LogP contribution in [0, 0.1) is 11.6 Å². The van der Waals surface area contributed by atoms with Gasteiger partial charge in [0.15, 0.2) is 5.69 Å². The number of carbonyl (C=O) groups is 1. The van der Waals surface area contributed by atoms with Crippen LogP contribution in [-0.2, 0) is 0 Å². The first-order valence-corrected chi connectivity index (χ1v) is 7.25. The average molecular weight is 342 g/mol. The van der Waals surface area contributed by atoms with Gasteiger partial charge in [0.2, 0.25) is 0 Å². The molecule has 1 amide bonds. The smallest absolute Gasteiger partial charge is 0.267 e. The standard InChI is InChI=1S/C17H12F2N4O2/c1-9(11-7-6-10(18)8-14(11)19)20-23-17(25)15-12-4-2-3-5-13(12)16(24)22-21-15/h2-8H,1H3,(H,22,24)(H,23,25)/b20-9+. The second kappa shape index (κ2) is 6.60. The molecule has 8 heteroatoms. The molecule has 0 unspecified atom stereocenters. The van der Waals surface area contributed by atoms with Crippen LogP contribution < -0.4 is 11.0 Å². The van der Waals surface area contributed by atoms with Gasteiger partial charge in [-0.3, -0.25) is 9.59 Å². The molecule has 0 atom stereocenters. The number of halogens is 2. The number of hydrogen-bond acceptors (Lipinski definition) is 4. The highest BCUT2D eigenvalue weighted by molar-refractivity contribution is 6.06. The van der Waals surface area contributed by atoms with E-state index in [-0.39, 0.29) is 17.0 Å². The number of hydrogen-bond donors (Lipinski definition) is 2. The third kappa shape index (κ3) is 3.27. The van der Waals surface area contributed by atoms with Crippen LogP contribution in [0.2, 0.25) is 0 Å². The van der Waals surface area contributed by atoms with Crippen LogP contribution in [0.25, 0.3) is 10.8 Å². The van der Waals surface area contributed by atoms with Gasteiger partial charge >= 0.3 is 0 Å². The summed E-state index contributed by atoms with van der Waals surface area (Å²) in [5.41, 5.74) is 2.03. The minimum Gasteiger partial charge on any atom is -0.267 e. The lowest BCUT2D eigenvalue weighted by molar-refractivity contribution is 0.0950. The minimum absolute atomic E-state index is 0.0219. The van der Waals surface area contributed by atoms with Gasteiger partial charge in [-0.25, -0.2) is 19.3 Å². The van der Waals surface area contributed by atoms with Crippen LogP contribution in [0.4, 0.5) is 8.78 Å². The summed E-state index contributed by atoms with van der Waals surface area (Å²) in [6.07, 6.45) is 0. The van der Waals surface area contributed by atoms with E-state index in [0.717, 1.165) is 12.1 Å². The number of rotatable bonds is 3. The zero-order chi connectivity index (χ0) is 18.0. The molecule has 0 saturated heterocycles. The summed E-state index contributed by atoms with van der Waals surface area (Å²) < 4.78 is 26.7. The fraction of sp³-hybridized carbons (Fsp3) is 0.0588. The first kappa shape index (κ1) is 16.4. The minimum atomic E-state index is -0.789. The van der Waals surface area contributed by atoms with Crippen molar-refractivity contribution in [3.05, 3.63) is 75.7 Å². The second-order valence-electron chi connectivity index (χ2n) is 5.21. The molecule has 0 saturated carbocycles. The fourth-order valence-corrected chi connectivity index (χ4v) is 2.32. The Morgan fingerprint density at radius 1 is 1.16 bits per heavy atom. The molecule has 6 nitrogen and oxygen atoms in total. The van der Waals surface area contributed by atoms with E-state index < -0.39 is 23.1 Å². The van der Waals surface area contributed by atoms with Gasteiger partial charge in [0.05, 0.1) is 11.1 Å². The third-order valence-electron chi connectivity index (χ3n) is 3.56. The van der Waals surface area contributed by atoms with E-state index in [0.29, 0.717) is 10.8 Å². The largest absolute Gasteiger partial charge is 0.292 e. The molecule has 0 fully saturated rings. The van der Waals surface area contributed by atoms with E-state index >= 15 is 0 Å². The lowest BCUT2D eigenvalue weighted by Crippen LogP contribution is -2.23. The highest BCUT2D eigenvalue weighted by Gasteiger charge is 2.14. The molecule has 0 spiro atoms. The molecule has 0 aliphatic carbocycles. The SMILES string of the molecule is C/C(=N\NC(=O)c1n[nH]c(=O)c2ccccc12)c1ccc(F)cc1F. The van der Waals surface area contributed by atoms with Crippen LogP contribution in [0.1, 0.15) is 23.0 Å².